The third kappa shape index (κ3) is 6.70. The summed E-state index contributed by atoms with van der Waals surface area (Å²) in [5, 5.41) is 10.6. The maximum absolute atomic E-state index is 13.9. The number of benzene rings is 1. The minimum Gasteiger partial charge on any atom is -0.353 e. The Morgan fingerprint density at radius 3 is 2.38 bits per heavy atom. The number of rotatable bonds is 11. The van der Waals surface area contributed by atoms with Crippen LogP contribution >= 0.6 is 0 Å². The Bertz CT molecular complexity index is 1180. The normalized spacial score (nSPS) is 19.3. The van der Waals surface area contributed by atoms with E-state index >= 15 is 0 Å². The fraction of sp³-hybridized carbons (Fsp3) is 0.633. The van der Waals surface area contributed by atoms with Crippen LogP contribution in [0.2, 0.25) is 0 Å². The summed E-state index contributed by atoms with van der Waals surface area (Å²) >= 11 is 0. The van der Waals surface area contributed by atoms with Gasteiger partial charge in [-0.2, -0.15) is 18.3 Å². The van der Waals surface area contributed by atoms with Gasteiger partial charge in [-0.05, 0) is 70.5 Å². The molecule has 40 heavy (non-hydrogen) atoms. The molecule has 1 atom stereocenters. The van der Waals surface area contributed by atoms with Crippen molar-refractivity contribution >= 4 is 11.8 Å². The predicted molar refractivity (Wildman–Crippen MR) is 147 cm³/mol. The quantitative estimate of drug-likeness (QED) is 0.369. The largest absolute Gasteiger partial charge is 0.417 e. The van der Waals surface area contributed by atoms with E-state index in [9.17, 15) is 22.8 Å². The van der Waals surface area contributed by atoms with Crippen LogP contribution in [-0.2, 0) is 11.0 Å². The molecule has 2 amide bonds. The van der Waals surface area contributed by atoms with Crippen LogP contribution < -0.4 is 10.6 Å². The van der Waals surface area contributed by atoms with Crippen LogP contribution in [0.25, 0.3) is 11.3 Å². The second kappa shape index (κ2) is 12.3. The van der Waals surface area contributed by atoms with Gasteiger partial charge in [-0.25, -0.2) is 0 Å². The summed E-state index contributed by atoms with van der Waals surface area (Å²) in [6.07, 6.45) is 6.41. The number of nitrogens with zero attached hydrogens (tertiary/aromatic N) is 3. The zero-order valence-electron chi connectivity index (χ0n) is 23.2. The van der Waals surface area contributed by atoms with Crippen LogP contribution in [-0.4, -0.2) is 58.2 Å². The molecule has 5 rings (SSSR count). The van der Waals surface area contributed by atoms with E-state index in [1.54, 1.807) is 10.7 Å². The Balaban J connectivity index is 1.37. The first-order chi connectivity index (χ1) is 19.2. The molecule has 1 aromatic carbocycles. The Hall–Kier alpha value is -2.88. The van der Waals surface area contributed by atoms with Crippen molar-refractivity contribution in [3.8, 4) is 11.3 Å². The number of amides is 2. The van der Waals surface area contributed by atoms with Gasteiger partial charge in [0.05, 0.1) is 17.3 Å². The SMILES string of the molecule is CN(CC[C@@H](CC(=O)NC1CCC1)NC(=O)c1cc(-c2ccccc2C(F)(F)F)n(C2CCCC2)n1)C1CCC1. The molecule has 2 aromatic rings. The third-order valence-corrected chi connectivity index (χ3v) is 8.91. The summed E-state index contributed by atoms with van der Waals surface area (Å²) in [6.45, 7) is 0.743. The van der Waals surface area contributed by atoms with Crippen LogP contribution in [0.15, 0.2) is 30.3 Å². The Labute approximate surface area is 233 Å². The summed E-state index contributed by atoms with van der Waals surface area (Å²) < 4.78 is 43.3. The standard InChI is InChI=1S/C30H40F3N5O2/c1-37(22-12-7-13-22)17-16-21(18-28(39)34-20-8-6-9-20)35-29(40)26-19-27(38(36-26)23-10-2-3-11-23)24-14-4-5-15-25(24)30(31,32)33/h4-5,14-15,19-23H,2-3,6-13,16-18H2,1H3,(H,34,39)(H,35,40)/t21-/m0/s1. The molecule has 1 heterocycles. The Morgan fingerprint density at radius 1 is 1.05 bits per heavy atom. The van der Waals surface area contributed by atoms with Crippen LogP contribution in [0.4, 0.5) is 13.2 Å². The summed E-state index contributed by atoms with van der Waals surface area (Å²) in [5.41, 5.74) is -0.345. The van der Waals surface area contributed by atoms with Gasteiger partial charge < -0.3 is 15.5 Å². The number of alkyl halides is 3. The van der Waals surface area contributed by atoms with E-state index < -0.39 is 23.7 Å². The number of hydrogen-bond donors (Lipinski definition) is 2. The summed E-state index contributed by atoms with van der Waals surface area (Å²) in [6, 6.07) is 7.22. The fourth-order valence-electron chi connectivity index (χ4n) is 6.00. The van der Waals surface area contributed by atoms with Crippen LogP contribution in [0.1, 0.15) is 99.1 Å². The topological polar surface area (TPSA) is 79.3 Å². The molecular weight excluding hydrogens is 519 g/mol. The molecule has 7 nitrogen and oxygen atoms in total. The molecule has 2 N–H and O–H groups in total. The van der Waals surface area contributed by atoms with E-state index in [0.29, 0.717) is 18.2 Å². The molecule has 0 aliphatic heterocycles. The second-order valence-corrected chi connectivity index (χ2v) is 11.8. The lowest BCUT2D eigenvalue weighted by molar-refractivity contribution is -0.137. The van der Waals surface area contributed by atoms with Crippen LogP contribution in [0.5, 0.6) is 0 Å². The van der Waals surface area contributed by atoms with Crippen molar-refractivity contribution < 1.29 is 22.8 Å². The lowest BCUT2D eigenvalue weighted by atomic mass is 9.91. The van der Waals surface area contributed by atoms with E-state index in [0.717, 1.165) is 70.4 Å². The van der Waals surface area contributed by atoms with Gasteiger partial charge in [0.15, 0.2) is 5.69 Å². The molecule has 0 saturated heterocycles. The average molecular weight is 560 g/mol. The summed E-state index contributed by atoms with van der Waals surface area (Å²) in [7, 11) is 2.07. The van der Waals surface area contributed by atoms with Crippen LogP contribution in [0, 0.1) is 0 Å². The zero-order chi connectivity index (χ0) is 28.3. The van der Waals surface area contributed by atoms with Gasteiger partial charge in [0.2, 0.25) is 5.91 Å². The van der Waals surface area contributed by atoms with E-state index in [4.69, 9.17) is 0 Å². The molecule has 3 aliphatic rings. The molecular formula is C30H40F3N5O2. The number of carbonyl (C=O) groups is 2. The van der Waals surface area contributed by atoms with E-state index in [1.807, 2.05) is 0 Å². The van der Waals surface area contributed by atoms with Crippen molar-refractivity contribution in [3.05, 3.63) is 41.6 Å². The maximum Gasteiger partial charge on any atom is 0.417 e. The first-order valence-corrected chi connectivity index (χ1v) is 14.8. The van der Waals surface area contributed by atoms with Gasteiger partial charge in [0.25, 0.3) is 5.91 Å². The highest BCUT2D eigenvalue weighted by Crippen LogP contribution is 2.40. The molecule has 3 aliphatic carbocycles. The smallest absolute Gasteiger partial charge is 0.353 e. The van der Waals surface area contributed by atoms with Crippen molar-refractivity contribution in [1.82, 2.24) is 25.3 Å². The number of aromatic nitrogens is 2. The van der Waals surface area contributed by atoms with Crippen molar-refractivity contribution in [2.75, 3.05) is 13.6 Å². The second-order valence-electron chi connectivity index (χ2n) is 11.8. The van der Waals surface area contributed by atoms with Crippen molar-refractivity contribution in [1.29, 1.82) is 0 Å². The van der Waals surface area contributed by atoms with E-state index in [2.05, 4.69) is 27.7 Å². The van der Waals surface area contributed by atoms with Gasteiger partial charge in [-0.3, -0.25) is 14.3 Å². The highest BCUT2D eigenvalue weighted by molar-refractivity contribution is 5.94. The number of hydrogen-bond acceptors (Lipinski definition) is 4. The van der Waals surface area contributed by atoms with Crippen LogP contribution in [0.3, 0.4) is 0 Å². The molecule has 0 radical (unpaired) electrons. The number of carbonyl (C=O) groups excluding carboxylic acids is 2. The van der Waals surface area contributed by atoms with Gasteiger partial charge in [-0.1, -0.05) is 37.5 Å². The van der Waals surface area contributed by atoms with Crippen molar-refractivity contribution in [3.63, 3.8) is 0 Å². The Kier molecular flexibility index (Phi) is 8.83. The summed E-state index contributed by atoms with van der Waals surface area (Å²) in [5.74, 6) is -0.548. The van der Waals surface area contributed by atoms with Gasteiger partial charge >= 0.3 is 6.18 Å². The summed E-state index contributed by atoms with van der Waals surface area (Å²) in [4.78, 5) is 28.6. The van der Waals surface area contributed by atoms with Crippen molar-refractivity contribution in [2.45, 2.75) is 107 Å². The molecule has 3 fully saturated rings. The van der Waals surface area contributed by atoms with E-state index in [-0.39, 0.29) is 35.7 Å². The Morgan fingerprint density at radius 2 is 1.75 bits per heavy atom. The molecule has 0 bridgehead atoms. The minimum absolute atomic E-state index is 0.0204. The van der Waals surface area contributed by atoms with Gasteiger partial charge in [0.1, 0.15) is 0 Å². The zero-order valence-corrected chi connectivity index (χ0v) is 23.2. The third-order valence-electron chi connectivity index (χ3n) is 8.91. The van der Waals surface area contributed by atoms with Crippen molar-refractivity contribution in [2.24, 2.45) is 0 Å². The monoisotopic (exact) mass is 559 g/mol. The molecule has 1 aromatic heterocycles. The molecule has 3 saturated carbocycles. The minimum atomic E-state index is -4.53. The maximum atomic E-state index is 13.9. The highest BCUT2D eigenvalue weighted by Gasteiger charge is 2.35. The number of halogens is 3. The first-order valence-electron chi connectivity index (χ1n) is 14.8. The highest BCUT2D eigenvalue weighted by atomic mass is 19.4. The molecule has 10 heteroatoms. The number of nitrogens with one attached hydrogen (secondary N) is 2. The predicted octanol–water partition coefficient (Wildman–Crippen LogP) is 5.72. The fourth-order valence-corrected chi connectivity index (χ4v) is 6.00. The molecule has 0 unspecified atom stereocenters. The van der Waals surface area contributed by atoms with Gasteiger partial charge in [0, 0.05) is 36.7 Å². The lowest BCUT2D eigenvalue weighted by Crippen LogP contribution is -2.46. The molecule has 218 valence electrons. The van der Waals surface area contributed by atoms with E-state index in [1.165, 1.54) is 24.6 Å². The average Bonchev–Trinajstić information content (AvgIpc) is 3.53. The van der Waals surface area contributed by atoms with Gasteiger partial charge in [-0.15, -0.1) is 0 Å². The molecule has 0 spiro atoms. The lowest BCUT2D eigenvalue weighted by Gasteiger charge is -2.35. The first kappa shape index (κ1) is 28.6.